The van der Waals surface area contributed by atoms with Crippen LogP contribution in [-0.4, -0.2) is 12.2 Å². The Kier molecular flexibility index (Phi) is 4.61. The summed E-state index contributed by atoms with van der Waals surface area (Å²) in [6, 6.07) is 0. The van der Waals surface area contributed by atoms with E-state index >= 15 is 0 Å². The molecule has 50 valence electrons. The standard InChI is InChI=1S/C4H10Br2OSi/c1-3-4-7-8(2,5)6/h3-4H2,1-2H3. The Morgan fingerprint density at radius 3 is 2.12 bits per heavy atom. The van der Waals surface area contributed by atoms with Gasteiger partial charge in [-0.1, -0.05) is 37.5 Å². The van der Waals surface area contributed by atoms with Crippen molar-refractivity contribution in [2.24, 2.45) is 0 Å². The average Bonchev–Trinajstić information content (AvgIpc) is 1.59. The minimum Gasteiger partial charge on any atom is -0.399 e. The molecule has 0 radical (unpaired) electrons. The third-order valence-electron chi connectivity index (χ3n) is 0.560. The third-order valence-corrected chi connectivity index (χ3v) is 2.64. The van der Waals surface area contributed by atoms with E-state index in [1.54, 1.807) is 0 Å². The van der Waals surface area contributed by atoms with Crippen LogP contribution in [0.4, 0.5) is 0 Å². The molecule has 0 spiro atoms. The number of hydrogen-bond acceptors (Lipinski definition) is 1. The Bertz CT molecular complexity index is 61.5. The SMILES string of the molecule is CCCO[Si](C)(Br)Br. The molecule has 0 saturated carbocycles. The van der Waals surface area contributed by atoms with Crippen molar-refractivity contribution in [3.05, 3.63) is 0 Å². The topological polar surface area (TPSA) is 9.23 Å². The van der Waals surface area contributed by atoms with Gasteiger partial charge in [0.1, 0.15) is 0 Å². The lowest BCUT2D eigenvalue weighted by Gasteiger charge is -2.10. The van der Waals surface area contributed by atoms with Gasteiger partial charge in [0.2, 0.25) is 0 Å². The highest BCUT2D eigenvalue weighted by molar-refractivity contribution is 9.50. The number of hydrogen-bond donors (Lipinski definition) is 0. The summed E-state index contributed by atoms with van der Waals surface area (Å²) in [5.41, 5.74) is -1.55. The van der Waals surface area contributed by atoms with Gasteiger partial charge >= 0.3 is 5.56 Å². The van der Waals surface area contributed by atoms with Crippen molar-refractivity contribution in [1.82, 2.24) is 0 Å². The summed E-state index contributed by atoms with van der Waals surface area (Å²) in [6.07, 6.45) is 1.08. The van der Waals surface area contributed by atoms with E-state index in [4.69, 9.17) is 4.43 Å². The van der Waals surface area contributed by atoms with Gasteiger partial charge in [0, 0.05) is 6.61 Å². The first-order chi connectivity index (χ1) is 3.56. The molecule has 4 heteroatoms. The zero-order chi connectivity index (χ0) is 6.62. The van der Waals surface area contributed by atoms with Crippen LogP contribution in [0.25, 0.3) is 0 Å². The predicted octanol–water partition coefficient (Wildman–Crippen LogP) is 2.77. The average molecular weight is 262 g/mol. The minimum atomic E-state index is -1.55. The van der Waals surface area contributed by atoms with Crippen molar-refractivity contribution in [2.45, 2.75) is 19.9 Å². The second-order valence-corrected chi connectivity index (χ2v) is 15.8. The van der Waals surface area contributed by atoms with E-state index in [-0.39, 0.29) is 0 Å². The quantitative estimate of drug-likeness (QED) is 0.561. The normalized spacial score (nSPS) is 12.0. The highest BCUT2D eigenvalue weighted by atomic mass is 79.9. The van der Waals surface area contributed by atoms with E-state index in [9.17, 15) is 0 Å². The maximum atomic E-state index is 5.35. The van der Waals surface area contributed by atoms with Crippen LogP contribution in [0.1, 0.15) is 13.3 Å². The van der Waals surface area contributed by atoms with Crippen LogP contribution in [-0.2, 0) is 4.43 Å². The molecule has 0 heterocycles. The monoisotopic (exact) mass is 260 g/mol. The molecule has 0 atom stereocenters. The molecule has 0 aromatic carbocycles. The summed E-state index contributed by atoms with van der Waals surface area (Å²) in [4.78, 5) is 0. The zero-order valence-corrected chi connectivity index (χ0v) is 9.25. The first-order valence-electron chi connectivity index (χ1n) is 2.58. The fraction of sp³-hybridized carbons (Fsp3) is 1.00. The molecule has 0 aromatic heterocycles. The van der Waals surface area contributed by atoms with Gasteiger partial charge in [0.15, 0.2) is 0 Å². The molecule has 0 aromatic rings. The van der Waals surface area contributed by atoms with Crippen LogP contribution in [0.5, 0.6) is 0 Å². The molecule has 0 saturated heterocycles. The van der Waals surface area contributed by atoms with Crippen LogP contribution in [0.3, 0.4) is 0 Å². The molecule has 0 unspecified atom stereocenters. The lowest BCUT2D eigenvalue weighted by Crippen LogP contribution is -2.17. The first kappa shape index (κ1) is 9.14. The summed E-state index contributed by atoms with van der Waals surface area (Å²) < 4.78 is 5.35. The summed E-state index contributed by atoms with van der Waals surface area (Å²) in [7, 11) is 0. The molecule has 1 nitrogen and oxygen atoms in total. The molecule has 0 aliphatic rings. The lowest BCUT2D eigenvalue weighted by atomic mass is 10.5. The Morgan fingerprint density at radius 2 is 2.00 bits per heavy atom. The van der Waals surface area contributed by atoms with Crippen LogP contribution in [0.15, 0.2) is 0 Å². The van der Waals surface area contributed by atoms with E-state index in [1.807, 2.05) is 6.55 Å². The molecular weight excluding hydrogens is 252 g/mol. The summed E-state index contributed by atoms with van der Waals surface area (Å²) in [5, 5.41) is 0. The highest BCUT2D eigenvalue weighted by Gasteiger charge is 2.19. The molecule has 0 fully saturated rings. The van der Waals surface area contributed by atoms with E-state index in [0.717, 1.165) is 13.0 Å². The van der Waals surface area contributed by atoms with Gasteiger partial charge in [-0.25, -0.2) is 0 Å². The largest absolute Gasteiger partial charge is 0.399 e. The smallest absolute Gasteiger partial charge is 0.332 e. The Labute approximate surface area is 67.1 Å². The van der Waals surface area contributed by atoms with E-state index in [0.29, 0.717) is 0 Å². The Balaban J connectivity index is 3.11. The molecular formula is C4H10Br2OSi. The number of halogens is 2. The predicted molar refractivity (Wildman–Crippen MR) is 45.7 cm³/mol. The third kappa shape index (κ3) is 7.14. The van der Waals surface area contributed by atoms with Gasteiger partial charge < -0.3 is 4.43 Å². The van der Waals surface area contributed by atoms with E-state index < -0.39 is 5.56 Å². The Morgan fingerprint density at radius 1 is 1.50 bits per heavy atom. The van der Waals surface area contributed by atoms with Gasteiger partial charge in [-0.05, 0) is 13.0 Å². The molecule has 0 rings (SSSR count). The second-order valence-electron chi connectivity index (χ2n) is 1.66. The minimum absolute atomic E-state index is 0.846. The van der Waals surface area contributed by atoms with E-state index in [1.165, 1.54) is 0 Å². The van der Waals surface area contributed by atoms with Crippen LogP contribution >= 0.6 is 30.6 Å². The number of rotatable bonds is 3. The van der Waals surface area contributed by atoms with E-state index in [2.05, 4.69) is 37.5 Å². The summed E-state index contributed by atoms with van der Waals surface area (Å²) in [6.45, 7) is 4.99. The maximum Gasteiger partial charge on any atom is 0.332 e. The van der Waals surface area contributed by atoms with Crippen molar-refractivity contribution < 1.29 is 4.43 Å². The fourth-order valence-corrected chi connectivity index (χ4v) is 1.82. The van der Waals surface area contributed by atoms with Gasteiger partial charge in [-0.2, -0.15) is 0 Å². The molecule has 8 heavy (non-hydrogen) atoms. The van der Waals surface area contributed by atoms with Crippen molar-refractivity contribution in [2.75, 3.05) is 6.61 Å². The van der Waals surface area contributed by atoms with Gasteiger partial charge in [0.05, 0.1) is 0 Å². The van der Waals surface area contributed by atoms with Gasteiger partial charge in [-0.15, -0.1) is 0 Å². The first-order valence-corrected chi connectivity index (χ1v) is 9.50. The second kappa shape index (κ2) is 4.03. The van der Waals surface area contributed by atoms with Crippen molar-refractivity contribution in [1.29, 1.82) is 0 Å². The molecule has 0 N–H and O–H groups in total. The van der Waals surface area contributed by atoms with Gasteiger partial charge in [-0.3, -0.25) is 0 Å². The lowest BCUT2D eigenvalue weighted by molar-refractivity contribution is 0.332. The van der Waals surface area contributed by atoms with Crippen LogP contribution < -0.4 is 0 Å². The molecule has 0 amide bonds. The Hall–Kier alpha value is 1.14. The fourth-order valence-electron chi connectivity index (χ4n) is 0.281. The zero-order valence-electron chi connectivity index (χ0n) is 5.08. The van der Waals surface area contributed by atoms with Crippen molar-refractivity contribution in [3.8, 4) is 0 Å². The van der Waals surface area contributed by atoms with Crippen molar-refractivity contribution >= 4 is 36.1 Å². The highest BCUT2D eigenvalue weighted by Crippen LogP contribution is 2.20. The van der Waals surface area contributed by atoms with Crippen molar-refractivity contribution in [3.63, 3.8) is 0 Å². The molecule has 0 bridgehead atoms. The summed E-state index contributed by atoms with van der Waals surface area (Å²) in [5.74, 6) is 0. The van der Waals surface area contributed by atoms with Crippen LogP contribution in [0, 0.1) is 0 Å². The molecule has 0 aliphatic carbocycles. The summed E-state index contributed by atoms with van der Waals surface area (Å²) >= 11 is 6.83. The molecule has 0 aliphatic heterocycles. The maximum absolute atomic E-state index is 5.35. The van der Waals surface area contributed by atoms with Crippen LogP contribution in [0.2, 0.25) is 6.55 Å². The van der Waals surface area contributed by atoms with Gasteiger partial charge in [0.25, 0.3) is 0 Å².